The number of anilines is 1. The standard InChI is InChI=1S/C22H26N4O2/c27-21(13-17-6-5-16-3-1-2-4-18(16)17)26-8-7-19-20(14-26)23-15-24-22(19)25-9-11-28-12-10-25/h1-4,15,17H,5-14H2/t17-/m0/s1. The Morgan fingerprint density at radius 1 is 1.11 bits per heavy atom. The molecule has 0 N–H and O–H groups in total. The average molecular weight is 378 g/mol. The van der Waals surface area contributed by atoms with Gasteiger partial charge in [0.05, 0.1) is 25.5 Å². The highest BCUT2D eigenvalue weighted by molar-refractivity contribution is 5.78. The number of carbonyl (C=O) groups excluding carboxylic acids is 1. The zero-order valence-corrected chi connectivity index (χ0v) is 16.1. The lowest BCUT2D eigenvalue weighted by atomic mass is 9.96. The summed E-state index contributed by atoms with van der Waals surface area (Å²) < 4.78 is 5.46. The second-order valence-corrected chi connectivity index (χ2v) is 7.93. The molecule has 28 heavy (non-hydrogen) atoms. The van der Waals surface area contributed by atoms with Gasteiger partial charge in [0.1, 0.15) is 12.1 Å². The molecule has 0 radical (unpaired) electrons. The van der Waals surface area contributed by atoms with E-state index >= 15 is 0 Å². The molecule has 1 aromatic carbocycles. The van der Waals surface area contributed by atoms with Crippen LogP contribution in [0.25, 0.3) is 0 Å². The predicted molar refractivity (Wildman–Crippen MR) is 106 cm³/mol. The molecule has 0 spiro atoms. The van der Waals surface area contributed by atoms with Gasteiger partial charge in [-0.1, -0.05) is 24.3 Å². The Labute approximate surface area is 165 Å². The highest BCUT2D eigenvalue weighted by Gasteiger charge is 2.30. The van der Waals surface area contributed by atoms with E-state index in [9.17, 15) is 4.79 Å². The largest absolute Gasteiger partial charge is 0.378 e. The molecule has 1 saturated heterocycles. The maximum absolute atomic E-state index is 13.0. The van der Waals surface area contributed by atoms with E-state index in [4.69, 9.17) is 4.74 Å². The molecule has 3 heterocycles. The maximum atomic E-state index is 13.0. The van der Waals surface area contributed by atoms with Crippen molar-refractivity contribution < 1.29 is 9.53 Å². The van der Waals surface area contributed by atoms with Crippen molar-refractivity contribution in [1.29, 1.82) is 0 Å². The van der Waals surface area contributed by atoms with Gasteiger partial charge in [-0.05, 0) is 36.3 Å². The minimum atomic E-state index is 0.249. The molecule has 1 atom stereocenters. The average Bonchev–Trinajstić information content (AvgIpc) is 3.16. The molecule has 2 aliphatic heterocycles. The molecule has 1 aliphatic carbocycles. The molecule has 5 rings (SSSR count). The number of rotatable bonds is 3. The molecule has 3 aliphatic rings. The number of hydrogen-bond acceptors (Lipinski definition) is 5. The summed E-state index contributed by atoms with van der Waals surface area (Å²) in [7, 11) is 0. The van der Waals surface area contributed by atoms with Crippen LogP contribution >= 0.6 is 0 Å². The molecular formula is C22H26N4O2. The van der Waals surface area contributed by atoms with Gasteiger partial charge in [-0.3, -0.25) is 4.79 Å². The third kappa shape index (κ3) is 3.26. The summed E-state index contributed by atoms with van der Waals surface area (Å²) in [6, 6.07) is 8.56. The summed E-state index contributed by atoms with van der Waals surface area (Å²) in [4.78, 5) is 26.4. The minimum Gasteiger partial charge on any atom is -0.378 e. The maximum Gasteiger partial charge on any atom is 0.223 e. The van der Waals surface area contributed by atoms with Crippen LogP contribution in [0.5, 0.6) is 0 Å². The van der Waals surface area contributed by atoms with Gasteiger partial charge in [0, 0.05) is 31.6 Å². The highest BCUT2D eigenvalue weighted by atomic mass is 16.5. The molecule has 0 saturated carbocycles. The number of nitrogens with zero attached hydrogens (tertiary/aromatic N) is 4. The molecule has 1 amide bonds. The molecule has 2 aromatic rings. The summed E-state index contributed by atoms with van der Waals surface area (Å²) in [5, 5.41) is 0. The molecule has 0 bridgehead atoms. The first-order valence-corrected chi connectivity index (χ1v) is 10.3. The number of hydrogen-bond donors (Lipinski definition) is 0. The third-order valence-corrected chi connectivity index (χ3v) is 6.33. The molecule has 6 heteroatoms. The molecule has 1 aromatic heterocycles. The molecule has 1 fully saturated rings. The lowest BCUT2D eigenvalue weighted by molar-refractivity contribution is -0.132. The molecule has 6 nitrogen and oxygen atoms in total. The summed E-state index contributed by atoms with van der Waals surface area (Å²) in [6.45, 7) is 4.58. The normalized spacial score (nSPS) is 21.4. The van der Waals surface area contributed by atoms with E-state index in [0.29, 0.717) is 18.9 Å². The third-order valence-electron chi connectivity index (χ3n) is 6.33. The number of morpholine rings is 1. The Morgan fingerprint density at radius 2 is 1.96 bits per heavy atom. The number of fused-ring (bicyclic) bond motifs is 2. The van der Waals surface area contributed by atoms with Crippen molar-refractivity contribution in [2.24, 2.45) is 0 Å². The van der Waals surface area contributed by atoms with Crippen LogP contribution in [0.2, 0.25) is 0 Å². The first kappa shape index (κ1) is 17.6. The van der Waals surface area contributed by atoms with Crippen LogP contribution in [-0.4, -0.2) is 53.6 Å². The van der Waals surface area contributed by atoms with Gasteiger partial charge in [-0.2, -0.15) is 0 Å². The second-order valence-electron chi connectivity index (χ2n) is 7.93. The second kappa shape index (κ2) is 7.51. The van der Waals surface area contributed by atoms with Crippen molar-refractivity contribution in [3.8, 4) is 0 Å². The van der Waals surface area contributed by atoms with Gasteiger partial charge in [0.15, 0.2) is 0 Å². The van der Waals surface area contributed by atoms with Crippen LogP contribution in [0, 0.1) is 0 Å². The van der Waals surface area contributed by atoms with Crippen molar-refractivity contribution in [1.82, 2.24) is 14.9 Å². The SMILES string of the molecule is O=C(C[C@@H]1CCc2ccccc21)N1CCc2c(ncnc2N2CCOCC2)C1. The smallest absolute Gasteiger partial charge is 0.223 e. The Kier molecular flexibility index (Phi) is 4.72. The quantitative estimate of drug-likeness (QED) is 0.820. The first-order valence-electron chi connectivity index (χ1n) is 10.3. The van der Waals surface area contributed by atoms with Crippen LogP contribution in [-0.2, 0) is 28.9 Å². The van der Waals surface area contributed by atoms with E-state index in [1.54, 1.807) is 6.33 Å². The topological polar surface area (TPSA) is 58.6 Å². The van der Waals surface area contributed by atoms with E-state index < -0.39 is 0 Å². The van der Waals surface area contributed by atoms with Crippen molar-refractivity contribution >= 4 is 11.7 Å². The molecule has 0 unspecified atom stereocenters. The van der Waals surface area contributed by atoms with Crippen molar-refractivity contribution in [3.05, 3.63) is 53.0 Å². The summed E-state index contributed by atoms with van der Waals surface area (Å²) in [5.74, 6) is 1.64. The van der Waals surface area contributed by atoms with Gasteiger partial charge in [0.25, 0.3) is 0 Å². The fraction of sp³-hybridized carbons (Fsp3) is 0.500. The lowest BCUT2D eigenvalue weighted by Crippen LogP contribution is -2.40. The van der Waals surface area contributed by atoms with E-state index in [2.05, 4.69) is 39.1 Å². The van der Waals surface area contributed by atoms with E-state index in [0.717, 1.165) is 63.6 Å². The van der Waals surface area contributed by atoms with Gasteiger partial charge in [-0.25, -0.2) is 9.97 Å². The Hall–Kier alpha value is -2.47. The van der Waals surface area contributed by atoms with E-state index in [1.165, 1.54) is 16.7 Å². The van der Waals surface area contributed by atoms with Crippen LogP contribution < -0.4 is 4.90 Å². The fourth-order valence-corrected chi connectivity index (χ4v) is 4.79. The van der Waals surface area contributed by atoms with Gasteiger partial charge < -0.3 is 14.5 Å². The van der Waals surface area contributed by atoms with Crippen LogP contribution in [0.1, 0.15) is 41.1 Å². The molecular weight excluding hydrogens is 352 g/mol. The Bertz CT molecular complexity index is 879. The van der Waals surface area contributed by atoms with Crippen LogP contribution in [0.4, 0.5) is 5.82 Å². The summed E-state index contributed by atoms with van der Waals surface area (Å²) >= 11 is 0. The van der Waals surface area contributed by atoms with Crippen LogP contribution in [0.3, 0.4) is 0 Å². The van der Waals surface area contributed by atoms with Gasteiger partial charge in [-0.15, -0.1) is 0 Å². The monoisotopic (exact) mass is 378 g/mol. The van der Waals surface area contributed by atoms with Crippen molar-refractivity contribution in [2.45, 2.75) is 38.1 Å². The first-order chi connectivity index (χ1) is 13.8. The number of aryl methyl sites for hydroxylation is 1. The van der Waals surface area contributed by atoms with Gasteiger partial charge in [0.2, 0.25) is 5.91 Å². The summed E-state index contributed by atoms with van der Waals surface area (Å²) in [6.07, 6.45) is 5.25. The van der Waals surface area contributed by atoms with Gasteiger partial charge >= 0.3 is 0 Å². The van der Waals surface area contributed by atoms with Crippen molar-refractivity contribution in [2.75, 3.05) is 37.7 Å². The lowest BCUT2D eigenvalue weighted by Gasteiger charge is -2.34. The van der Waals surface area contributed by atoms with E-state index in [-0.39, 0.29) is 5.91 Å². The molecule has 146 valence electrons. The minimum absolute atomic E-state index is 0.249. The predicted octanol–water partition coefficient (Wildman–Crippen LogP) is 2.32. The number of ether oxygens (including phenoxy) is 1. The zero-order valence-electron chi connectivity index (χ0n) is 16.1. The number of amides is 1. The zero-order chi connectivity index (χ0) is 18.9. The number of benzene rings is 1. The number of carbonyl (C=O) groups is 1. The fourth-order valence-electron chi connectivity index (χ4n) is 4.79. The number of aromatic nitrogens is 2. The van der Waals surface area contributed by atoms with Crippen molar-refractivity contribution in [3.63, 3.8) is 0 Å². The van der Waals surface area contributed by atoms with Crippen LogP contribution in [0.15, 0.2) is 30.6 Å². The summed E-state index contributed by atoms with van der Waals surface area (Å²) in [5.41, 5.74) is 4.99. The Balaban J connectivity index is 1.29. The highest BCUT2D eigenvalue weighted by Crippen LogP contribution is 2.36. The van der Waals surface area contributed by atoms with E-state index in [1.807, 2.05) is 4.90 Å². The Morgan fingerprint density at radius 3 is 2.86 bits per heavy atom.